The van der Waals surface area contributed by atoms with E-state index in [2.05, 4.69) is 15.2 Å². The number of oxazole rings is 1. The molecule has 0 spiro atoms. The lowest BCUT2D eigenvalue weighted by atomic mass is 10.1. The van der Waals surface area contributed by atoms with Crippen molar-refractivity contribution in [3.05, 3.63) is 59.8 Å². The first-order chi connectivity index (χ1) is 14.0. The van der Waals surface area contributed by atoms with Crippen molar-refractivity contribution < 1.29 is 18.0 Å². The van der Waals surface area contributed by atoms with Gasteiger partial charge >= 0.3 is 0 Å². The van der Waals surface area contributed by atoms with Crippen molar-refractivity contribution >= 4 is 23.2 Å². The second-order valence-corrected chi connectivity index (χ2v) is 6.88. The summed E-state index contributed by atoms with van der Waals surface area (Å²) in [7, 11) is 0. The van der Waals surface area contributed by atoms with Gasteiger partial charge in [-0.2, -0.15) is 0 Å². The number of hydrogen-bond donors (Lipinski definition) is 2. The van der Waals surface area contributed by atoms with Crippen molar-refractivity contribution in [2.45, 2.75) is 19.3 Å². The summed E-state index contributed by atoms with van der Waals surface area (Å²) in [6.07, 6.45) is 3.60. The first-order valence-corrected chi connectivity index (χ1v) is 9.40. The Morgan fingerprint density at radius 2 is 1.69 bits per heavy atom. The zero-order valence-corrected chi connectivity index (χ0v) is 15.6. The predicted octanol–water partition coefficient (Wildman–Crippen LogP) is 4.45. The van der Waals surface area contributed by atoms with Gasteiger partial charge in [-0.1, -0.05) is 6.07 Å². The van der Waals surface area contributed by atoms with Gasteiger partial charge in [0.25, 0.3) is 5.91 Å². The molecule has 2 aromatic carbocycles. The number of aromatic nitrogens is 1. The second-order valence-electron chi connectivity index (χ2n) is 6.88. The molecular formula is C21H20F2N4O2. The summed E-state index contributed by atoms with van der Waals surface area (Å²) in [6.45, 7) is 2.05. The van der Waals surface area contributed by atoms with E-state index in [0.29, 0.717) is 5.69 Å². The van der Waals surface area contributed by atoms with Crippen molar-refractivity contribution in [1.29, 1.82) is 0 Å². The summed E-state index contributed by atoms with van der Waals surface area (Å²) in [5.74, 6) is -2.99. The summed E-state index contributed by atoms with van der Waals surface area (Å²) in [6, 6.07) is 11.0. The Bertz CT molecular complexity index is 1010. The molecule has 0 bridgehead atoms. The van der Waals surface area contributed by atoms with Crippen molar-refractivity contribution in [3.8, 4) is 11.5 Å². The molecule has 1 amide bonds. The number of amides is 1. The molecule has 2 heterocycles. The van der Waals surface area contributed by atoms with Crippen LogP contribution in [0, 0.1) is 11.6 Å². The minimum absolute atomic E-state index is 0.0686. The number of nitrogens with one attached hydrogen (secondary N) is 1. The van der Waals surface area contributed by atoms with E-state index < -0.39 is 23.1 Å². The van der Waals surface area contributed by atoms with Gasteiger partial charge in [-0.15, -0.1) is 0 Å². The molecule has 0 radical (unpaired) electrons. The van der Waals surface area contributed by atoms with Crippen LogP contribution in [0.4, 0.5) is 26.0 Å². The number of carbonyl (C=O) groups is 1. The smallest absolute Gasteiger partial charge is 0.273 e. The fraction of sp³-hybridized carbons (Fsp3) is 0.238. The number of benzene rings is 2. The maximum atomic E-state index is 14.0. The lowest BCUT2D eigenvalue weighted by molar-refractivity contribution is 0.0996. The van der Waals surface area contributed by atoms with E-state index in [1.807, 2.05) is 24.3 Å². The first kappa shape index (κ1) is 18.9. The number of piperidine rings is 1. The molecule has 29 heavy (non-hydrogen) atoms. The van der Waals surface area contributed by atoms with Crippen LogP contribution in [0.15, 0.2) is 46.9 Å². The number of rotatable bonds is 5. The molecule has 3 N–H and O–H groups in total. The summed E-state index contributed by atoms with van der Waals surface area (Å²) >= 11 is 0. The fourth-order valence-corrected chi connectivity index (χ4v) is 3.42. The van der Waals surface area contributed by atoms with Crippen LogP contribution in [-0.2, 0) is 0 Å². The molecule has 0 unspecified atom stereocenters. The van der Waals surface area contributed by atoms with Crippen molar-refractivity contribution in [3.63, 3.8) is 0 Å². The Kier molecular flexibility index (Phi) is 5.16. The monoisotopic (exact) mass is 398 g/mol. The Balaban J connectivity index is 1.61. The van der Waals surface area contributed by atoms with Gasteiger partial charge in [0, 0.05) is 24.5 Å². The summed E-state index contributed by atoms with van der Waals surface area (Å²) in [5.41, 5.74) is 6.41. The summed E-state index contributed by atoms with van der Waals surface area (Å²) in [4.78, 5) is 18.0. The Hall–Kier alpha value is -3.42. The van der Waals surface area contributed by atoms with Crippen molar-refractivity contribution in [2.24, 2.45) is 5.73 Å². The minimum atomic E-state index is -0.871. The van der Waals surface area contributed by atoms with Crippen molar-refractivity contribution in [2.75, 3.05) is 23.3 Å². The quantitative estimate of drug-likeness (QED) is 0.663. The second kappa shape index (κ2) is 7.90. The molecule has 0 atom stereocenters. The molecule has 1 fully saturated rings. The van der Waals surface area contributed by atoms with Crippen LogP contribution in [0.1, 0.15) is 29.8 Å². The highest BCUT2D eigenvalue weighted by atomic mass is 19.1. The number of anilines is 3. The lowest BCUT2D eigenvalue weighted by Crippen LogP contribution is -2.29. The zero-order chi connectivity index (χ0) is 20.4. The maximum Gasteiger partial charge on any atom is 0.273 e. The van der Waals surface area contributed by atoms with E-state index in [1.54, 1.807) is 0 Å². The van der Waals surface area contributed by atoms with E-state index in [-0.39, 0.29) is 17.5 Å². The zero-order valence-electron chi connectivity index (χ0n) is 15.6. The highest BCUT2D eigenvalue weighted by Crippen LogP contribution is 2.31. The van der Waals surface area contributed by atoms with Gasteiger partial charge in [-0.3, -0.25) is 4.79 Å². The van der Waals surface area contributed by atoms with Crippen LogP contribution >= 0.6 is 0 Å². The normalized spacial score (nSPS) is 14.1. The largest absolute Gasteiger partial charge is 0.419 e. The topological polar surface area (TPSA) is 84.4 Å². The van der Waals surface area contributed by atoms with Gasteiger partial charge in [0.15, 0.2) is 5.69 Å². The highest BCUT2D eigenvalue weighted by molar-refractivity contribution is 5.96. The van der Waals surface area contributed by atoms with Gasteiger partial charge in [0.2, 0.25) is 11.8 Å². The molecule has 1 aliphatic heterocycles. The number of nitrogens with two attached hydrogens (primary N) is 1. The highest BCUT2D eigenvalue weighted by Gasteiger charge is 2.23. The molecule has 4 rings (SSSR count). The Labute approximate surface area is 166 Å². The van der Waals surface area contributed by atoms with E-state index in [4.69, 9.17) is 10.2 Å². The first-order valence-electron chi connectivity index (χ1n) is 9.40. The summed E-state index contributed by atoms with van der Waals surface area (Å²) in [5, 5.41) is 2.92. The third kappa shape index (κ3) is 3.91. The number of primary amides is 1. The fourth-order valence-electron chi connectivity index (χ4n) is 3.42. The van der Waals surface area contributed by atoms with Crippen LogP contribution in [0.25, 0.3) is 11.5 Å². The molecule has 0 aliphatic carbocycles. The van der Waals surface area contributed by atoms with Crippen LogP contribution < -0.4 is 16.0 Å². The molecule has 1 aromatic heterocycles. The summed E-state index contributed by atoms with van der Waals surface area (Å²) < 4.78 is 33.6. The Morgan fingerprint density at radius 1 is 1.03 bits per heavy atom. The van der Waals surface area contributed by atoms with E-state index in [9.17, 15) is 13.6 Å². The molecule has 1 aliphatic rings. The van der Waals surface area contributed by atoms with Crippen molar-refractivity contribution in [1.82, 2.24) is 4.98 Å². The average Bonchev–Trinajstić information content (AvgIpc) is 3.13. The van der Waals surface area contributed by atoms with Crippen LogP contribution in [0.5, 0.6) is 0 Å². The minimum Gasteiger partial charge on any atom is -0.419 e. The van der Waals surface area contributed by atoms with E-state index >= 15 is 0 Å². The SMILES string of the molecule is NC(=O)c1nc(-c2c(F)cccc2F)oc1Nc1ccc(N2CCCCC2)cc1. The van der Waals surface area contributed by atoms with Gasteiger partial charge in [-0.25, -0.2) is 13.8 Å². The van der Waals surface area contributed by atoms with Gasteiger partial charge in [0.05, 0.1) is 0 Å². The number of nitrogens with zero attached hydrogens (tertiary/aromatic N) is 2. The van der Waals surface area contributed by atoms with Gasteiger partial charge < -0.3 is 20.4 Å². The molecule has 0 saturated carbocycles. The van der Waals surface area contributed by atoms with Gasteiger partial charge in [0.1, 0.15) is 17.2 Å². The van der Waals surface area contributed by atoms with Crippen LogP contribution in [0.2, 0.25) is 0 Å². The molecular weight excluding hydrogens is 378 g/mol. The Morgan fingerprint density at radius 3 is 2.31 bits per heavy atom. The van der Waals surface area contributed by atoms with Gasteiger partial charge in [-0.05, 0) is 55.7 Å². The predicted molar refractivity (Wildman–Crippen MR) is 106 cm³/mol. The number of carbonyl (C=O) groups excluding carboxylic acids is 1. The molecule has 3 aromatic rings. The standard InChI is InChI=1S/C21H20F2N4O2/c22-15-5-4-6-16(23)17(15)20-26-18(19(24)28)21(29-20)25-13-7-9-14(10-8-13)27-11-2-1-3-12-27/h4-10,25H,1-3,11-12H2,(H2,24,28). The molecule has 1 saturated heterocycles. The maximum absolute atomic E-state index is 14.0. The average molecular weight is 398 g/mol. The third-order valence-corrected chi connectivity index (χ3v) is 4.88. The number of halogens is 2. The van der Waals surface area contributed by atoms with Crippen LogP contribution in [-0.4, -0.2) is 24.0 Å². The molecule has 6 nitrogen and oxygen atoms in total. The van der Waals surface area contributed by atoms with E-state index in [1.165, 1.54) is 25.3 Å². The third-order valence-electron chi connectivity index (χ3n) is 4.88. The van der Waals surface area contributed by atoms with E-state index in [0.717, 1.165) is 30.9 Å². The van der Waals surface area contributed by atoms with Crippen LogP contribution in [0.3, 0.4) is 0 Å². The molecule has 150 valence electrons. The molecule has 8 heteroatoms. The lowest BCUT2D eigenvalue weighted by Gasteiger charge is -2.28. The number of hydrogen-bond acceptors (Lipinski definition) is 5.